The van der Waals surface area contributed by atoms with Gasteiger partial charge in [0.15, 0.2) is 0 Å². The van der Waals surface area contributed by atoms with Crippen molar-refractivity contribution in [2.75, 3.05) is 5.32 Å². The zero-order valence-corrected chi connectivity index (χ0v) is 19.6. The molecule has 0 saturated heterocycles. The van der Waals surface area contributed by atoms with E-state index in [2.05, 4.69) is 10.5 Å². The Hall–Kier alpha value is -4.22. The molecular weight excluding hydrogens is 519 g/mol. The van der Waals surface area contributed by atoms with Crippen molar-refractivity contribution in [3.63, 3.8) is 0 Å². The number of rotatable bonds is 8. The van der Waals surface area contributed by atoms with E-state index in [-0.39, 0.29) is 11.3 Å². The zero-order valence-electron chi connectivity index (χ0n) is 19.6. The van der Waals surface area contributed by atoms with E-state index >= 15 is 0 Å². The van der Waals surface area contributed by atoms with Gasteiger partial charge in [0.2, 0.25) is 0 Å². The van der Waals surface area contributed by atoms with E-state index in [1.54, 1.807) is 60.7 Å². The molecule has 0 aromatic heterocycles. The van der Waals surface area contributed by atoms with Crippen LogP contribution in [-0.2, 0) is 9.59 Å². The fourth-order valence-corrected chi connectivity index (χ4v) is 3.41. The van der Waals surface area contributed by atoms with Crippen LogP contribution in [0.15, 0.2) is 90.0 Å². The van der Waals surface area contributed by atoms with E-state index in [0.29, 0.717) is 11.1 Å². The number of alkyl halides is 7. The molecule has 2 amide bonds. The lowest BCUT2D eigenvalue weighted by molar-refractivity contribution is -0.343. The Morgan fingerprint density at radius 1 is 0.763 bits per heavy atom. The number of hydrazone groups is 1. The van der Waals surface area contributed by atoms with Crippen LogP contribution in [0.25, 0.3) is 0 Å². The van der Waals surface area contributed by atoms with Gasteiger partial charge in [-0.05, 0) is 35.7 Å². The normalized spacial score (nSPS) is 12.8. The molecule has 0 aliphatic rings. The quantitative estimate of drug-likeness (QED) is 0.205. The summed E-state index contributed by atoms with van der Waals surface area (Å²) < 4.78 is 90.7. The van der Waals surface area contributed by atoms with Gasteiger partial charge in [-0.3, -0.25) is 9.59 Å². The lowest BCUT2D eigenvalue weighted by Gasteiger charge is -2.27. The number of amides is 2. The Morgan fingerprint density at radius 3 is 1.79 bits per heavy atom. The Morgan fingerprint density at radius 2 is 1.29 bits per heavy atom. The first-order chi connectivity index (χ1) is 17.8. The van der Waals surface area contributed by atoms with Crippen molar-refractivity contribution in [3.8, 4) is 0 Å². The molecular formula is C26H20F7N3O2. The van der Waals surface area contributed by atoms with Crippen LogP contribution < -0.4 is 10.7 Å². The molecule has 0 radical (unpaired) electrons. The van der Waals surface area contributed by atoms with Gasteiger partial charge in [0, 0.05) is 5.69 Å². The first-order valence-corrected chi connectivity index (χ1v) is 10.9. The Bertz CT molecular complexity index is 1270. The van der Waals surface area contributed by atoms with Crippen LogP contribution in [0.1, 0.15) is 29.5 Å². The molecule has 5 nitrogen and oxygen atoms in total. The number of carbonyl (C=O) groups excluding carboxylic acids is 2. The summed E-state index contributed by atoms with van der Waals surface area (Å²) in [6.45, 7) is 1.42. The van der Waals surface area contributed by atoms with Crippen molar-refractivity contribution >= 4 is 23.2 Å². The fraction of sp³-hybridized carbons (Fsp3) is 0.192. The first-order valence-electron chi connectivity index (χ1n) is 10.9. The van der Waals surface area contributed by atoms with E-state index in [0.717, 1.165) is 12.1 Å². The maximum Gasteiger partial charge on any atom is 0.460 e. The summed E-state index contributed by atoms with van der Waals surface area (Å²) in [5.74, 6) is -16.7. The molecule has 200 valence electrons. The molecule has 0 bridgehead atoms. The van der Waals surface area contributed by atoms with E-state index < -0.39 is 41.4 Å². The van der Waals surface area contributed by atoms with Crippen molar-refractivity contribution < 1.29 is 40.3 Å². The van der Waals surface area contributed by atoms with Crippen LogP contribution in [0.4, 0.5) is 36.4 Å². The Kier molecular flexibility index (Phi) is 8.23. The molecule has 12 heteroatoms. The van der Waals surface area contributed by atoms with Crippen LogP contribution in [0.5, 0.6) is 0 Å². The van der Waals surface area contributed by atoms with Crippen molar-refractivity contribution in [2.24, 2.45) is 5.10 Å². The van der Waals surface area contributed by atoms with Crippen LogP contribution in [0, 0.1) is 0 Å². The minimum absolute atomic E-state index is 0.127. The summed E-state index contributed by atoms with van der Waals surface area (Å²) >= 11 is 0. The molecule has 3 rings (SSSR count). The Balaban J connectivity index is 1.79. The summed E-state index contributed by atoms with van der Waals surface area (Å²) in [4.78, 5) is 24.7. The molecule has 3 aromatic rings. The van der Waals surface area contributed by atoms with E-state index in [4.69, 9.17) is 0 Å². The molecule has 2 N–H and O–H groups in total. The molecule has 0 saturated carbocycles. The third-order valence-electron chi connectivity index (χ3n) is 5.44. The first kappa shape index (κ1) is 28.4. The smallest absolute Gasteiger partial charge is 0.321 e. The van der Waals surface area contributed by atoms with Gasteiger partial charge in [-0.1, -0.05) is 72.8 Å². The highest BCUT2D eigenvalue weighted by Crippen LogP contribution is 2.46. The highest BCUT2D eigenvalue weighted by Gasteiger charge is 2.76. The van der Waals surface area contributed by atoms with Gasteiger partial charge in [-0.2, -0.15) is 35.8 Å². The second-order valence-electron chi connectivity index (χ2n) is 8.11. The van der Waals surface area contributed by atoms with Crippen LogP contribution in [0.2, 0.25) is 0 Å². The maximum absolute atomic E-state index is 13.6. The third-order valence-corrected chi connectivity index (χ3v) is 5.44. The van der Waals surface area contributed by atoms with Crippen molar-refractivity contribution in [2.45, 2.75) is 30.9 Å². The molecule has 0 unspecified atom stereocenters. The maximum atomic E-state index is 13.6. The van der Waals surface area contributed by atoms with Gasteiger partial charge in [-0.25, -0.2) is 5.43 Å². The number of anilines is 1. The van der Waals surface area contributed by atoms with Crippen LogP contribution in [0.3, 0.4) is 0 Å². The summed E-state index contributed by atoms with van der Waals surface area (Å²) in [7, 11) is 0. The van der Waals surface area contributed by atoms with Gasteiger partial charge >= 0.3 is 23.9 Å². The van der Waals surface area contributed by atoms with E-state index in [9.17, 15) is 40.3 Å². The number of halogens is 7. The lowest BCUT2D eigenvalue weighted by atomic mass is 9.91. The summed E-state index contributed by atoms with van der Waals surface area (Å²) in [5.41, 5.74) is 3.58. The fourth-order valence-electron chi connectivity index (χ4n) is 3.41. The van der Waals surface area contributed by atoms with Gasteiger partial charge in [-0.15, -0.1) is 0 Å². The average Bonchev–Trinajstić information content (AvgIpc) is 2.88. The van der Waals surface area contributed by atoms with Gasteiger partial charge in [0.1, 0.15) is 0 Å². The van der Waals surface area contributed by atoms with Crippen LogP contribution >= 0.6 is 0 Å². The number of nitrogens with one attached hydrogen (secondary N) is 2. The molecule has 0 aliphatic heterocycles. The monoisotopic (exact) mass is 539 g/mol. The third kappa shape index (κ3) is 6.01. The van der Waals surface area contributed by atoms with Gasteiger partial charge in [0.25, 0.3) is 5.91 Å². The standard InChI is InChI=1S/C26H20F7N3O2/c1-16(35-36-22(37)21(17-9-4-2-5-10-17)18-11-6-3-7-12-18)19-13-8-14-20(15-19)34-23(38)24(27,28)25(29,30)26(31,32)33/h2-15,21H,1H3,(H,34,38)(H,36,37)/b35-16+. The highest BCUT2D eigenvalue weighted by molar-refractivity contribution is 6.02. The minimum Gasteiger partial charge on any atom is -0.321 e. The summed E-state index contributed by atoms with van der Waals surface area (Å²) in [6, 6.07) is 22.3. The van der Waals surface area contributed by atoms with Gasteiger partial charge in [0.05, 0.1) is 11.6 Å². The van der Waals surface area contributed by atoms with Crippen LogP contribution in [-0.4, -0.2) is 35.5 Å². The highest BCUT2D eigenvalue weighted by atomic mass is 19.4. The molecule has 0 atom stereocenters. The molecule has 0 spiro atoms. The summed E-state index contributed by atoms with van der Waals surface area (Å²) in [5, 5.41) is 5.36. The predicted octanol–water partition coefficient (Wildman–Crippen LogP) is 6.13. The number of hydrogen-bond donors (Lipinski definition) is 2. The number of hydrogen-bond acceptors (Lipinski definition) is 3. The SMILES string of the molecule is C/C(=N\NC(=O)C(c1ccccc1)c1ccccc1)c1cccc(NC(=O)C(F)(F)C(F)(F)C(F)(F)F)c1. The number of nitrogens with zero attached hydrogens (tertiary/aromatic N) is 1. The van der Waals surface area contributed by atoms with Gasteiger partial charge < -0.3 is 5.32 Å². The molecule has 0 heterocycles. The van der Waals surface area contributed by atoms with E-state index in [1.165, 1.54) is 24.4 Å². The van der Waals surface area contributed by atoms with Crippen molar-refractivity contribution in [1.82, 2.24) is 5.43 Å². The molecule has 0 fully saturated rings. The largest absolute Gasteiger partial charge is 0.460 e. The lowest BCUT2D eigenvalue weighted by Crippen LogP contribution is -2.57. The van der Waals surface area contributed by atoms with Crippen molar-refractivity contribution in [1.29, 1.82) is 0 Å². The van der Waals surface area contributed by atoms with E-state index in [1.807, 2.05) is 0 Å². The summed E-state index contributed by atoms with van der Waals surface area (Å²) in [6.07, 6.45) is -6.64. The van der Waals surface area contributed by atoms with Crippen molar-refractivity contribution in [3.05, 3.63) is 102 Å². The minimum atomic E-state index is -6.64. The predicted molar refractivity (Wildman–Crippen MR) is 126 cm³/mol. The second kappa shape index (κ2) is 11.0. The molecule has 38 heavy (non-hydrogen) atoms. The topological polar surface area (TPSA) is 70.6 Å². The zero-order chi connectivity index (χ0) is 28.1. The number of benzene rings is 3. The Labute approximate surface area is 212 Å². The molecule has 0 aliphatic carbocycles. The second-order valence-corrected chi connectivity index (χ2v) is 8.11. The number of carbonyl (C=O) groups is 2. The molecule has 3 aromatic carbocycles. The average molecular weight is 539 g/mol.